The van der Waals surface area contributed by atoms with Crippen LogP contribution in [0.25, 0.3) is 0 Å². The maximum Gasteiger partial charge on any atom is 0.319 e. The summed E-state index contributed by atoms with van der Waals surface area (Å²) in [5.41, 5.74) is -0.448. The molecule has 0 fully saturated rings. The highest BCUT2D eigenvalue weighted by Crippen LogP contribution is 2.38. The fraction of sp³-hybridized carbons (Fsp3) is 0.615. The lowest BCUT2D eigenvalue weighted by atomic mass is 9.73. The van der Waals surface area contributed by atoms with Crippen LogP contribution in [0.15, 0.2) is 24.3 Å². The van der Waals surface area contributed by atoms with Crippen molar-refractivity contribution in [1.82, 2.24) is 0 Å². The van der Waals surface area contributed by atoms with Gasteiger partial charge in [0.25, 0.3) is 0 Å². The molecule has 1 aliphatic carbocycles. The van der Waals surface area contributed by atoms with Crippen molar-refractivity contribution in [3.05, 3.63) is 24.3 Å². The summed E-state index contributed by atoms with van der Waals surface area (Å²) in [7, 11) is 1.43. The Balaban J connectivity index is 2.91. The van der Waals surface area contributed by atoms with Crippen molar-refractivity contribution >= 4 is 5.97 Å². The number of hydrogen-bond acceptors (Lipinski definition) is 2. The highest BCUT2D eigenvalue weighted by Gasteiger charge is 2.34. The number of methoxy groups -OCH3 is 1. The molecular formula is C13H20O2. The molecule has 0 N–H and O–H groups in total. The van der Waals surface area contributed by atoms with E-state index in [1.54, 1.807) is 0 Å². The molecule has 0 aromatic carbocycles. The Morgan fingerprint density at radius 3 is 1.93 bits per heavy atom. The van der Waals surface area contributed by atoms with Gasteiger partial charge in [-0.3, -0.25) is 4.79 Å². The molecule has 84 valence electrons. The lowest BCUT2D eigenvalue weighted by molar-refractivity contribution is -0.146. The fourth-order valence-corrected chi connectivity index (χ4v) is 1.87. The standard InChI is InChI=1S/C13H20O2/c1-5-13(6-2)9-7-12(3,8-10-13)11(14)15-4/h7-10H,5-6H2,1-4H3. The minimum Gasteiger partial charge on any atom is -0.468 e. The molecule has 0 saturated carbocycles. The van der Waals surface area contributed by atoms with E-state index in [0.29, 0.717) is 0 Å². The van der Waals surface area contributed by atoms with E-state index in [1.807, 2.05) is 19.1 Å². The molecule has 2 heteroatoms. The van der Waals surface area contributed by atoms with Crippen LogP contribution in [0.1, 0.15) is 33.6 Å². The van der Waals surface area contributed by atoms with Crippen molar-refractivity contribution in [3.8, 4) is 0 Å². The van der Waals surface area contributed by atoms with Gasteiger partial charge in [-0.05, 0) is 19.8 Å². The molecule has 0 heterocycles. The van der Waals surface area contributed by atoms with Gasteiger partial charge < -0.3 is 4.74 Å². The van der Waals surface area contributed by atoms with E-state index in [9.17, 15) is 4.79 Å². The second-order valence-electron chi connectivity index (χ2n) is 4.38. The molecule has 0 atom stereocenters. The van der Waals surface area contributed by atoms with Gasteiger partial charge in [0.05, 0.1) is 7.11 Å². The Morgan fingerprint density at radius 2 is 1.60 bits per heavy atom. The molecule has 0 saturated heterocycles. The molecule has 0 aromatic heterocycles. The molecular weight excluding hydrogens is 188 g/mol. The average molecular weight is 208 g/mol. The van der Waals surface area contributed by atoms with Crippen molar-refractivity contribution in [2.45, 2.75) is 33.6 Å². The highest BCUT2D eigenvalue weighted by atomic mass is 16.5. The fourth-order valence-electron chi connectivity index (χ4n) is 1.87. The second kappa shape index (κ2) is 4.21. The number of rotatable bonds is 3. The predicted octanol–water partition coefficient (Wildman–Crippen LogP) is 3.10. The summed E-state index contributed by atoms with van der Waals surface area (Å²) in [4.78, 5) is 11.6. The third-order valence-electron chi connectivity index (χ3n) is 3.46. The predicted molar refractivity (Wildman–Crippen MR) is 61.4 cm³/mol. The first-order valence-corrected chi connectivity index (χ1v) is 5.51. The van der Waals surface area contributed by atoms with Crippen molar-refractivity contribution in [1.29, 1.82) is 0 Å². The maximum absolute atomic E-state index is 11.6. The average Bonchev–Trinajstić information content (AvgIpc) is 2.30. The van der Waals surface area contributed by atoms with Gasteiger partial charge in [0, 0.05) is 5.41 Å². The van der Waals surface area contributed by atoms with Crippen LogP contribution in [0, 0.1) is 10.8 Å². The first-order valence-electron chi connectivity index (χ1n) is 5.51. The van der Waals surface area contributed by atoms with Crippen molar-refractivity contribution in [2.75, 3.05) is 7.11 Å². The quantitative estimate of drug-likeness (QED) is 0.526. The Labute approximate surface area is 92.0 Å². The zero-order chi connectivity index (χ0) is 11.5. The molecule has 15 heavy (non-hydrogen) atoms. The summed E-state index contributed by atoms with van der Waals surface area (Å²) in [6.07, 6.45) is 10.3. The van der Waals surface area contributed by atoms with E-state index < -0.39 is 5.41 Å². The Bertz CT molecular complexity index is 280. The molecule has 2 nitrogen and oxygen atoms in total. The van der Waals surface area contributed by atoms with E-state index in [-0.39, 0.29) is 11.4 Å². The van der Waals surface area contributed by atoms with Crippen molar-refractivity contribution < 1.29 is 9.53 Å². The summed E-state index contributed by atoms with van der Waals surface area (Å²) in [6.45, 7) is 6.21. The number of hydrogen-bond donors (Lipinski definition) is 0. The monoisotopic (exact) mass is 208 g/mol. The number of carbonyl (C=O) groups excluding carboxylic acids is 1. The van der Waals surface area contributed by atoms with Gasteiger partial charge in [0.1, 0.15) is 5.41 Å². The van der Waals surface area contributed by atoms with Crippen LogP contribution < -0.4 is 0 Å². The van der Waals surface area contributed by atoms with E-state index in [4.69, 9.17) is 4.74 Å². The maximum atomic E-state index is 11.6. The van der Waals surface area contributed by atoms with E-state index in [2.05, 4.69) is 26.0 Å². The number of allylic oxidation sites excluding steroid dienone is 2. The smallest absolute Gasteiger partial charge is 0.319 e. The van der Waals surface area contributed by atoms with Crippen LogP contribution in [-0.4, -0.2) is 13.1 Å². The first-order chi connectivity index (χ1) is 7.02. The topological polar surface area (TPSA) is 26.3 Å². The summed E-state index contributed by atoms with van der Waals surface area (Å²) in [6, 6.07) is 0. The minimum atomic E-state index is -0.581. The molecule has 0 bridgehead atoms. The van der Waals surface area contributed by atoms with Crippen LogP contribution in [-0.2, 0) is 9.53 Å². The summed E-state index contributed by atoms with van der Waals surface area (Å²) < 4.78 is 4.79. The summed E-state index contributed by atoms with van der Waals surface area (Å²) >= 11 is 0. The molecule has 1 rings (SSSR count). The minimum absolute atomic E-state index is 0.132. The Morgan fingerprint density at radius 1 is 1.13 bits per heavy atom. The molecule has 1 aliphatic rings. The third kappa shape index (κ3) is 2.14. The lowest BCUT2D eigenvalue weighted by Crippen LogP contribution is -2.29. The first kappa shape index (κ1) is 12.0. The number of carbonyl (C=O) groups is 1. The van der Waals surface area contributed by atoms with Crippen LogP contribution in [0.3, 0.4) is 0 Å². The molecule has 0 amide bonds. The van der Waals surface area contributed by atoms with Crippen LogP contribution in [0.5, 0.6) is 0 Å². The van der Waals surface area contributed by atoms with Crippen LogP contribution in [0.4, 0.5) is 0 Å². The lowest BCUT2D eigenvalue weighted by Gasteiger charge is -2.32. The largest absolute Gasteiger partial charge is 0.468 e. The Hall–Kier alpha value is -1.05. The number of esters is 1. The molecule has 0 radical (unpaired) electrons. The van der Waals surface area contributed by atoms with Gasteiger partial charge in [-0.15, -0.1) is 0 Å². The van der Waals surface area contributed by atoms with Crippen LogP contribution in [0.2, 0.25) is 0 Å². The second-order valence-corrected chi connectivity index (χ2v) is 4.38. The SMILES string of the molecule is CCC1(CC)C=CC(C)(C(=O)OC)C=C1. The van der Waals surface area contributed by atoms with Gasteiger partial charge in [-0.25, -0.2) is 0 Å². The zero-order valence-corrected chi connectivity index (χ0v) is 10.0. The van der Waals surface area contributed by atoms with Gasteiger partial charge >= 0.3 is 5.97 Å². The Kier molecular flexibility index (Phi) is 3.38. The molecule has 0 aromatic rings. The highest BCUT2D eigenvalue weighted by molar-refractivity contribution is 5.81. The van der Waals surface area contributed by atoms with Gasteiger partial charge in [-0.2, -0.15) is 0 Å². The summed E-state index contributed by atoms with van der Waals surface area (Å²) in [5, 5.41) is 0. The van der Waals surface area contributed by atoms with Crippen molar-refractivity contribution in [2.24, 2.45) is 10.8 Å². The zero-order valence-electron chi connectivity index (χ0n) is 10.0. The normalized spacial score (nSPS) is 21.3. The third-order valence-corrected chi connectivity index (χ3v) is 3.46. The summed E-state index contributed by atoms with van der Waals surface area (Å²) in [5.74, 6) is -0.198. The molecule has 0 aliphatic heterocycles. The molecule has 0 unspecified atom stereocenters. The van der Waals surface area contributed by atoms with E-state index >= 15 is 0 Å². The van der Waals surface area contributed by atoms with E-state index in [1.165, 1.54) is 7.11 Å². The van der Waals surface area contributed by atoms with E-state index in [0.717, 1.165) is 12.8 Å². The van der Waals surface area contributed by atoms with Gasteiger partial charge in [0.2, 0.25) is 0 Å². The molecule has 0 spiro atoms. The van der Waals surface area contributed by atoms with Crippen LogP contribution >= 0.6 is 0 Å². The van der Waals surface area contributed by atoms with Crippen molar-refractivity contribution in [3.63, 3.8) is 0 Å². The van der Waals surface area contributed by atoms with Gasteiger partial charge in [0.15, 0.2) is 0 Å². The van der Waals surface area contributed by atoms with Gasteiger partial charge in [-0.1, -0.05) is 38.2 Å². The number of ether oxygens (including phenoxy) is 1.